The number of nitrogens with zero attached hydrogens (tertiary/aromatic N) is 1. The van der Waals surface area contributed by atoms with Crippen molar-refractivity contribution < 1.29 is 9.53 Å². The Bertz CT molecular complexity index is 671. The predicted octanol–water partition coefficient (Wildman–Crippen LogP) is 3.79. The predicted molar refractivity (Wildman–Crippen MR) is 86.7 cm³/mol. The van der Waals surface area contributed by atoms with Gasteiger partial charge < -0.3 is 10.1 Å². The summed E-state index contributed by atoms with van der Waals surface area (Å²) >= 11 is 3.37. The SMILES string of the molecule is Cc1ccc(OCC(=O)Nc2ccc(Br)c(C)n2)c(C)c1. The number of carbonyl (C=O) groups is 1. The molecule has 0 unspecified atom stereocenters. The molecule has 21 heavy (non-hydrogen) atoms. The van der Waals surface area contributed by atoms with Gasteiger partial charge in [0.25, 0.3) is 5.91 Å². The molecule has 0 saturated carbocycles. The van der Waals surface area contributed by atoms with Crippen LogP contribution in [-0.2, 0) is 4.79 Å². The molecular formula is C16H17BrN2O2. The van der Waals surface area contributed by atoms with Gasteiger partial charge in [0, 0.05) is 4.47 Å². The molecule has 1 amide bonds. The molecular weight excluding hydrogens is 332 g/mol. The first-order valence-electron chi connectivity index (χ1n) is 6.59. The summed E-state index contributed by atoms with van der Waals surface area (Å²) in [5.74, 6) is 1.00. The fourth-order valence-electron chi connectivity index (χ4n) is 1.90. The summed E-state index contributed by atoms with van der Waals surface area (Å²) in [7, 11) is 0. The van der Waals surface area contributed by atoms with Crippen molar-refractivity contribution in [2.24, 2.45) is 0 Å². The number of carbonyl (C=O) groups excluding carboxylic acids is 1. The maximum Gasteiger partial charge on any atom is 0.263 e. The van der Waals surface area contributed by atoms with Crippen LogP contribution in [0.4, 0.5) is 5.82 Å². The van der Waals surface area contributed by atoms with E-state index in [9.17, 15) is 4.79 Å². The molecule has 0 aliphatic rings. The molecule has 0 saturated heterocycles. The Morgan fingerprint density at radius 2 is 2.00 bits per heavy atom. The van der Waals surface area contributed by atoms with Crippen LogP contribution in [0.2, 0.25) is 0 Å². The minimum absolute atomic E-state index is 0.0410. The highest BCUT2D eigenvalue weighted by Crippen LogP contribution is 2.19. The van der Waals surface area contributed by atoms with Crippen molar-refractivity contribution >= 4 is 27.7 Å². The third-order valence-corrected chi connectivity index (χ3v) is 3.82. The van der Waals surface area contributed by atoms with Crippen LogP contribution in [0.3, 0.4) is 0 Å². The summed E-state index contributed by atoms with van der Waals surface area (Å²) in [6, 6.07) is 9.45. The van der Waals surface area contributed by atoms with Gasteiger partial charge in [-0.05, 0) is 60.5 Å². The number of nitrogens with one attached hydrogen (secondary N) is 1. The quantitative estimate of drug-likeness (QED) is 0.914. The minimum Gasteiger partial charge on any atom is -0.483 e. The van der Waals surface area contributed by atoms with Gasteiger partial charge in [-0.1, -0.05) is 17.7 Å². The molecule has 0 radical (unpaired) electrons. The summed E-state index contributed by atoms with van der Waals surface area (Å²) in [5.41, 5.74) is 3.00. The molecule has 1 aromatic carbocycles. The lowest BCUT2D eigenvalue weighted by Gasteiger charge is -2.10. The molecule has 2 aromatic rings. The number of halogens is 1. The molecule has 2 rings (SSSR count). The van der Waals surface area contributed by atoms with Gasteiger partial charge in [0.2, 0.25) is 0 Å². The third-order valence-electron chi connectivity index (χ3n) is 2.98. The minimum atomic E-state index is -0.232. The van der Waals surface area contributed by atoms with Crippen LogP contribution < -0.4 is 10.1 Å². The molecule has 0 spiro atoms. The number of pyridine rings is 1. The van der Waals surface area contributed by atoms with E-state index in [1.165, 1.54) is 5.56 Å². The molecule has 0 bridgehead atoms. The van der Waals surface area contributed by atoms with Crippen molar-refractivity contribution in [2.45, 2.75) is 20.8 Å². The van der Waals surface area contributed by atoms with Gasteiger partial charge >= 0.3 is 0 Å². The molecule has 1 aromatic heterocycles. The number of aromatic nitrogens is 1. The Balaban J connectivity index is 1.94. The van der Waals surface area contributed by atoms with Gasteiger partial charge in [-0.25, -0.2) is 4.98 Å². The topological polar surface area (TPSA) is 51.2 Å². The van der Waals surface area contributed by atoms with E-state index in [4.69, 9.17) is 4.74 Å². The Morgan fingerprint density at radius 1 is 1.24 bits per heavy atom. The second-order valence-corrected chi connectivity index (χ2v) is 5.72. The largest absolute Gasteiger partial charge is 0.483 e. The van der Waals surface area contributed by atoms with E-state index >= 15 is 0 Å². The average molecular weight is 349 g/mol. The van der Waals surface area contributed by atoms with Crippen molar-refractivity contribution in [3.05, 3.63) is 51.6 Å². The van der Waals surface area contributed by atoms with Crippen LogP contribution in [-0.4, -0.2) is 17.5 Å². The number of aryl methyl sites for hydroxylation is 3. The molecule has 0 atom stereocenters. The van der Waals surface area contributed by atoms with Crippen LogP contribution in [0.1, 0.15) is 16.8 Å². The van der Waals surface area contributed by atoms with Crippen LogP contribution in [0, 0.1) is 20.8 Å². The van der Waals surface area contributed by atoms with Gasteiger partial charge in [-0.2, -0.15) is 0 Å². The van der Waals surface area contributed by atoms with Crippen LogP contribution in [0.5, 0.6) is 5.75 Å². The van der Waals surface area contributed by atoms with E-state index in [1.54, 1.807) is 6.07 Å². The van der Waals surface area contributed by atoms with E-state index in [1.807, 2.05) is 45.0 Å². The summed E-state index contributed by atoms with van der Waals surface area (Å²) in [6.45, 7) is 5.80. The third kappa shape index (κ3) is 4.29. The number of ether oxygens (including phenoxy) is 1. The van der Waals surface area contributed by atoms with E-state index in [0.29, 0.717) is 5.82 Å². The van der Waals surface area contributed by atoms with Gasteiger partial charge in [0.05, 0.1) is 5.69 Å². The highest BCUT2D eigenvalue weighted by Gasteiger charge is 2.07. The van der Waals surface area contributed by atoms with E-state index in [0.717, 1.165) is 21.5 Å². The number of hydrogen-bond acceptors (Lipinski definition) is 3. The van der Waals surface area contributed by atoms with Crippen molar-refractivity contribution in [2.75, 3.05) is 11.9 Å². The Labute approximate surface area is 132 Å². The number of amides is 1. The fraction of sp³-hybridized carbons (Fsp3) is 0.250. The Kier molecular flexibility index (Phi) is 4.96. The van der Waals surface area contributed by atoms with E-state index in [2.05, 4.69) is 26.2 Å². The van der Waals surface area contributed by atoms with E-state index in [-0.39, 0.29) is 12.5 Å². The summed E-state index contributed by atoms with van der Waals surface area (Å²) in [4.78, 5) is 16.1. The lowest BCUT2D eigenvalue weighted by atomic mass is 10.1. The zero-order chi connectivity index (χ0) is 15.4. The van der Waals surface area contributed by atoms with Crippen molar-refractivity contribution in [3.63, 3.8) is 0 Å². The molecule has 1 N–H and O–H groups in total. The monoisotopic (exact) mass is 348 g/mol. The van der Waals surface area contributed by atoms with E-state index < -0.39 is 0 Å². The maximum absolute atomic E-state index is 11.9. The molecule has 5 heteroatoms. The van der Waals surface area contributed by atoms with Crippen LogP contribution >= 0.6 is 15.9 Å². The van der Waals surface area contributed by atoms with Gasteiger partial charge in [0.1, 0.15) is 11.6 Å². The average Bonchev–Trinajstić information content (AvgIpc) is 2.42. The van der Waals surface area contributed by atoms with Crippen molar-refractivity contribution in [1.29, 1.82) is 0 Å². The summed E-state index contributed by atoms with van der Waals surface area (Å²) < 4.78 is 6.44. The smallest absolute Gasteiger partial charge is 0.263 e. The normalized spacial score (nSPS) is 10.3. The molecule has 0 aliphatic carbocycles. The first-order valence-corrected chi connectivity index (χ1v) is 7.38. The number of hydrogen-bond donors (Lipinski definition) is 1. The highest BCUT2D eigenvalue weighted by molar-refractivity contribution is 9.10. The number of benzene rings is 1. The lowest BCUT2D eigenvalue weighted by molar-refractivity contribution is -0.118. The number of rotatable bonds is 4. The standard InChI is InChI=1S/C16H17BrN2O2/c1-10-4-6-14(11(2)8-10)21-9-16(20)19-15-7-5-13(17)12(3)18-15/h4-8H,9H2,1-3H3,(H,18,19,20). The van der Waals surface area contributed by atoms with Crippen LogP contribution in [0.15, 0.2) is 34.8 Å². The zero-order valence-electron chi connectivity index (χ0n) is 12.2. The first kappa shape index (κ1) is 15.5. The van der Waals surface area contributed by atoms with Crippen LogP contribution in [0.25, 0.3) is 0 Å². The van der Waals surface area contributed by atoms with Gasteiger partial charge in [-0.15, -0.1) is 0 Å². The molecule has 0 aliphatic heterocycles. The maximum atomic E-state index is 11.9. The van der Waals surface area contributed by atoms with Crippen molar-refractivity contribution in [3.8, 4) is 5.75 Å². The van der Waals surface area contributed by atoms with Gasteiger partial charge in [0.15, 0.2) is 6.61 Å². The second kappa shape index (κ2) is 6.72. The Hall–Kier alpha value is -1.88. The fourth-order valence-corrected chi connectivity index (χ4v) is 2.12. The molecule has 1 heterocycles. The number of anilines is 1. The zero-order valence-corrected chi connectivity index (χ0v) is 13.8. The van der Waals surface area contributed by atoms with Crippen molar-refractivity contribution in [1.82, 2.24) is 4.98 Å². The van der Waals surface area contributed by atoms with Gasteiger partial charge in [-0.3, -0.25) is 4.79 Å². The molecule has 4 nitrogen and oxygen atoms in total. The Morgan fingerprint density at radius 3 is 2.67 bits per heavy atom. The highest BCUT2D eigenvalue weighted by atomic mass is 79.9. The summed E-state index contributed by atoms with van der Waals surface area (Å²) in [5, 5.41) is 2.72. The second-order valence-electron chi connectivity index (χ2n) is 4.87. The summed E-state index contributed by atoms with van der Waals surface area (Å²) in [6.07, 6.45) is 0. The molecule has 0 fully saturated rings. The first-order chi connectivity index (χ1) is 9.95. The molecule has 110 valence electrons. The lowest BCUT2D eigenvalue weighted by Crippen LogP contribution is -2.21.